The number of hydrogen-bond acceptors (Lipinski definition) is 2. The lowest BCUT2D eigenvalue weighted by Gasteiger charge is -2.35. The van der Waals surface area contributed by atoms with Gasteiger partial charge in [-0.2, -0.15) is 0 Å². The average Bonchev–Trinajstić information content (AvgIpc) is 2.29. The Balaban J connectivity index is 3.59. The Morgan fingerprint density at radius 1 is 1.00 bits per heavy atom. The van der Waals surface area contributed by atoms with Crippen LogP contribution in [0.4, 0.5) is 0 Å². The van der Waals surface area contributed by atoms with Gasteiger partial charge in [0.25, 0.3) is 0 Å². The number of quaternary nitrogens is 1. The lowest BCUT2D eigenvalue weighted by Crippen LogP contribution is -2.48. The van der Waals surface area contributed by atoms with E-state index in [9.17, 15) is 4.79 Å². The maximum absolute atomic E-state index is 10.5. The maximum Gasteiger partial charge on any atom is 0.302 e. The van der Waals surface area contributed by atoms with Crippen LogP contribution in [0.1, 0.15) is 47.0 Å². The van der Waals surface area contributed by atoms with E-state index >= 15 is 0 Å². The number of unbranched alkanes of at least 4 members (excludes halogenated alkanes) is 2. The number of ether oxygens (including phenoxy) is 1. The first-order chi connectivity index (χ1) is 7.60. The molecule has 0 aliphatic carbocycles. The number of nitrogens with zero attached hydrogens (tertiary/aromatic N) is 1. The van der Waals surface area contributed by atoms with Crippen molar-refractivity contribution < 1.29 is 14.0 Å². The van der Waals surface area contributed by atoms with Gasteiger partial charge < -0.3 is 9.22 Å². The van der Waals surface area contributed by atoms with Crippen LogP contribution in [0.15, 0.2) is 0 Å². The Bertz CT molecular complexity index is 180. The van der Waals surface area contributed by atoms with E-state index < -0.39 is 0 Å². The smallest absolute Gasteiger partial charge is 0.302 e. The molecule has 3 nitrogen and oxygen atoms in total. The molecule has 0 saturated heterocycles. The molecular weight excluding hydrogens is 202 g/mol. The highest BCUT2D eigenvalue weighted by atomic mass is 16.5. The first kappa shape index (κ1) is 15.4. The Morgan fingerprint density at radius 3 is 2.00 bits per heavy atom. The van der Waals surface area contributed by atoms with Crippen molar-refractivity contribution in [3.63, 3.8) is 0 Å². The second-order valence-electron chi connectivity index (χ2n) is 4.41. The summed E-state index contributed by atoms with van der Waals surface area (Å²) in [6.45, 7) is 13.8. The van der Waals surface area contributed by atoms with Gasteiger partial charge in [0.15, 0.2) is 0 Å². The highest BCUT2D eigenvalue weighted by Gasteiger charge is 2.19. The lowest BCUT2D eigenvalue weighted by atomic mass is 10.2. The largest absolute Gasteiger partial charge is 0.466 e. The highest BCUT2D eigenvalue weighted by molar-refractivity contribution is 5.65. The number of hydrogen-bond donors (Lipinski definition) is 0. The molecule has 16 heavy (non-hydrogen) atoms. The fraction of sp³-hybridized carbons (Fsp3) is 0.923. The molecule has 0 amide bonds. The second kappa shape index (κ2) is 8.57. The summed E-state index contributed by atoms with van der Waals surface area (Å²) in [7, 11) is 0. The molecule has 0 rings (SSSR count). The van der Waals surface area contributed by atoms with Gasteiger partial charge >= 0.3 is 5.97 Å². The fourth-order valence-corrected chi connectivity index (χ4v) is 2.09. The summed E-state index contributed by atoms with van der Waals surface area (Å²) in [6, 6.07) is 0. The van der Waals surface area contributed by atoms with Gasteiger partial charge in [0.2, 0.25) is 0 Å². The molecule has 0 fully saturated rings. The van der Waals surface area contributed by atoms with Crippen LogP contribution in [0.3, 0.4) is 0 Å². The maximum atomic E-state index is 10.5. The van der Waals surface area contributed by atoms with E-state index in [2.05, 4.69) is 20.8 Å². The van der Waals surface area contributed by atoms with Crippen molar-refractivity contribution in [1.29, 1.82) is 0 Å². The van der Waals surface area contributed by atoms with Gasteiger partial charge in [-0.1, -0.05) is 0 Å². The minimum Gasteiger partial charge on any atom is -0.466 e. The van der Waals surface area contributed by atoms with Crippen molar-refractivity contribution >= 4 is 5.97 Å². The van der Waals surface area contributed by atoms with E-state index in [4.69, 9.17) is 4.74 Å². The molecule has 0 bridgehead atoms. The molecule has 0 heterocycles. The predicted molar refractivity (Wildman–Crippen MR) is 67.2 cm³/mol. The van der Waals surface area contributed by atoms with Gasteiger partial charge in [0.1, 0.15) is 0 Å². The molecule has 0 aromatic heterocycles. The zero-order valence-electron chi connectivity index (χ0n) is 11.4. The van der Waals surface area contributed by atoms with E-state index in [1.807, 2.05) is 0 Å². The van der Waals surface area contributed by atoms with Gasteiger partial charge in [-0.3, -0.25) is 4.79 Å². The normalized spacial score (nSPS) is 11.5. The summed E-state index contributed by atoms with van der Waals surface area (Å²) in [4.78, 5) is 10.5. The van der Waals surface area contributed by atoms with Crippen LogP contribution in [0.5, 0.6) is 0 Å². The van der Waals surface area contributed by atoms with Gasteiger partial charge in [-0.05, 0) is 40.0 Å². The molecular formula is C13H28NO2+. The van der Waals surface area contributed by atoms with Gasteiger partial charge in [-0.25, -0.2) is 0 Å². The number of carbonyl (C=O) groups is 1. The van der Waals surface area contributed by atoms with Crippen LogP contribution >= 0.6 is 0 Å². The van der Waals surface area contributed by atoms with Gasteiger partial charge in [0, 0.05) is 6.92 Å². The van der Waals surface area contributed by atoms with E-state index in [1.54, 1.807) is 0 Å². The van der Waals surface area contributed by atoms with Crippen molar-refractivity contribution in [2.75, 3.05) is 32.8 Å². The van der Waals surface area contributed by atoms with Crippen molar-refractivity contribution in [3.8, 4) is 0 Å². The van der Waals surface area contributed by atoms with E-state index in [-0.39, 0.29) is 5.97 Å². The third-order valence-electron chi connectivity index (χ3n) is 3.59. The number of rotatable bonds is 9. The molecule has 0 aliphatic heterocycles. The van der Waals surface area contributed by atoms with Gasteiger partial charge in [-0.15, -0.1) is 0 Å². The molecule has 0 unspecified atom stereocenters. The molecule has 3 heteroatoms. The minimum atomic E-state index is -0.166. The van der Waals surface area contributed by atoms with Crippen LogP contribution in [0.25, 0.3) is 0 Å². The molecule has 0 atom stereocenters. The summed E-state index contributed by atoms with van der Waals surface area (Å²) < 4.78 is 6.12. The first-order valence-corrected chi connectivity index (χ1v) is 6.58. The highest BCUT2D eigenvalue weighted by Crippen LogP contribution is 2.09. The SMILES string of the molecule is CC[N+](CC)(CC)CCCCCOC(C)=O. The van der Waals surface area contributed by atoms with Crippen LogP contribution in [0, 0.1) is 0 Å². The summed E-state index contributed by atoms with van der Waals surface area (Å²) in [5.74, 6) is -0.166. The lowest BCUT2D eigenvalue weighted by molar-refractivity contribution is -0.923. The molecule has 0 saturated carbocycles. The van der Waals surface area contributed by atoms with E-state index in [0.29, 0.717) is 6.61 Å². The van der Waals surface area contributed by atoms with E-state index in [1.165, 1.54) is 44.0 Å². The molecule has 0 radical (unpaired) electrons. The molecule has 0 aromatic carbocycles. The zero-order chi connectivity index (χ0) is 12.4. The topological polar surface area (TPSA) is 26.3 Å². The average molecular weight is 230 g/mol. The van der Waals surface area contributed by atoms with Crippen LogP contribution in [-0.2, 0) is 9.53 Å². The van der Waals surface area contributed by atoms with Crippen molar-refractivity contribution in [1.82, 2.24) is 0 Å². The number of carbonyl (C=O) groups excluding carboxylic acids is 1. The molecule has 0 N–H and O–H groups in total. The third-order valence-corrected chi connectivity index (χ3v) is 3.59. The predicted octanol–water partition coefficient (Wildman–Crippen LogP) is 2.60. The molecule has 96 valence electrons. The van der Waals surface area contributed by atoms with Gasteiger partial charge in [0.05, 0.1) is 32.8 Å². The Labute approximate surface area is 100 Å². The zero-order valence-corrected chi connectivity index (χ0v) is 11.4. The van der Waals surface area contributed by atoms with Crippen LogP contribution in [0.2, 0.25) is 0 Å². The standard InChI is InChI=1S/C13H28NO2/c1-5-14(6-2,7-3)11-9-8-10-12-16-13(4)15/h5-12H2,1-4H3/q+1. The van der Waals surface area contributed by atoms with Crippen molar-refractivity contribution in [3.05, 3.63) is 0 Å². The fourth-order valence-electron chi connectivity index (χ4n) is 2.09. The third kappa shape index (κ3) is 6.11. The Kier molecular flexibility index (Phi) is 8.26. The van der Waals surface area contributed by atoms with E-state index in [0.717, 1.165) is 12.8 Å². The summed E-state index contributed by atoms with van der Waals surface area (Å²) in [6.07, 6.45) is 3.39. The first-order valence-electron chi connectivity index (χ1n) is 6.58. The monoisotopic (exact) mass is 230 g/mol. The number of esters is 1. The molecule has 0 spiro atoms. The van der Waals surface area contributed by atoms with Crippen molar-refractivity contribution in [2.24, 2.45) is 0 Å². The van der Waals surface area contributed by atoms with Crippen molar-refractivity contribution in [2.45, 2.75) is 47.0 Å². The minimum absolute atomic E-state index is 0.166. The van der Waals surface area contributed by atoms with Crippen LogP contribution < -0.4 is 0 Å². The molecule has 0 aliphatic rings. The second-order valence-corrected chi connectivity index (χ2v) is 4.41. The van der Waals surface area contributed by atoms with Crippen LogP contribution in [-0.4, -0.2) is 43.2 Å². The Morgan fingerprint density at radius 2 is 1.56 bits per heavy atom. The Hall–Kier alpha value is -0.570. The molecule has 0 aromatic rings. The summed E-state index contributed by atoms with van der Waals surface area (Å²) in [5, 5.41) is 0. The quantitative estimate of drug-likeness (QED) is 0.346. The summed E-state index contributed by atoms with van der Waals surface area (Å²) >= 11 is 0. The summed E-state index contributed by atoms with van der Waals surface area (Å²) in [5.41, 5.74) is 0.